The van der Waals surface area contributed by atoms with E-state index in [-0.39, 0.29) is 6.04 Å². The molecule has 3 heterocycles. The highest BCUT2D eigenvalue weighted by molar-refractivity contribution is 8.06. The van der Waals surface area contributed by atoms with E-state index in [2.05, 4.69) is 34.2 Å². The maximum absolute atomic E-state index is 5.54. The van der Waals surface area contributed by atoms with Gasteiger partial charge in [0.15, 0.2) is 5.82 Å². The molecule has 3 rings (SSSR count). The molecule has 2 saturated heterocycles. The van der Waals surface area contributed by atoms with E-state index in [9.17, 15) is 0 Å². The molecule has 0 aromatic carbocycles. The van der Waals surface area contributed by atoms with Crippen molar-refractivity contribution in [1.29, 1.82) is 0 Å². The Morgan fingerprint density at radius 3 is 2.80 bits per heavy atom. The molecule has 2 aliphatic heterocycles. The molecular formula is C13H22N4OS2. The van der Waals surface area contributed by atoms with Crippen LogP contribution in [0, 0.1) is 0 Å². The lowest BCUT2D eigenvalue weighted by atomic mass is 10.2. The summed E-state index contributed by atoms with van der Waals surface area (Å²) in [6, 6.07) is 0.217. The van der Waals surface area contributed by atoms with E-state index in [1.54, 1.807) is 0 Å². The Balaban J connectivity index is 1.69. The van der Waals surface area contributed by atoms with Crippen molar-refractivity contribution in [2.24, 2.45) is 0 Å². The maximum Gasteiger partial charge on any atom is 0.243 e. The van der Waals surface area contributed by atoms with Crippen LogP contribution in [-0.2, 0) is 0 Å². The number of nitrogens with one attached hydrogen (secondary N) is 1. The van der Waals surface area contributed by atoms with Crippen molar-refractivity contribution in [1.82, 2.24) is 20.4 Å². The predicted octanol–water partition coefficient (Wildman–Crippen LogP) is 1.95. The highest BCUT2D eigenvalue weighted by Gasteiger charge is 2.30. The molecule has 0 bridgehead atoms. The predicted molar refractivity (Wildman–Crippen MR) is 84.3 cm³/mol. The summed E-state index contributed by atoms with van der Waals surface area (Å²) < 4.78 is 5.54. The lowest BCUT2D eigenvalue weighted by Gasteiger charge is -2.30. The summed E-state index contributed by atoms with van der Waals surface area (Å²) in [4.78, 5) is 7.09. The molecule has 7 heteroatoms. The van der Waals surface area contributed by atoms with Gasteiger partial charge in [0, 0.05) is 42.9 Å². The third kappa shape index (κ3) is 3.16. The van der Waals surface area contributed by atoms with Gasteiger partial charge in [-0.05, 0) is 6.92 Å². The van der Waals surface area contributed by atoms with E-state index in [1.165, 1.54) is 11.5 Å². The number of rotatable bonds is 3. The maximum atomic E-state index is 5.54. The van der Waals surface area contributed by atoms with Crippen LogP contribution in [0.5, 0.6) is 0 Å². The van der Waals surface area contributed by atoms with E-state index in [0.717, 1.165) is 37.9 Å². The Labute approximate surface area is 128 Å². The molecule has 2 aliphatic rings. The third-order valence-corrected chi connectivity index (χ3v) is 7.04. The van der Waals surface area contributed by atoms with Gasteiger partial charge in [0.25, 0.3) is 0 Å². The largest absolute Gasteiger partial charge is 0.338 e. The van der Waals surface area contributed by atoms with Crippen LogP contribution in [0.4, 0.5) is 0 Å². The number of nitrogens with zero attached hydrogens (tertiary/aromatic N) is 3. The molecule has 0 amide bonds. The summed E-state index contributed by atoms with van der Waals surface area (Å²) in [5, 5.41) is 8.55. The van der Waals surface area contributed by atoms with Crippen molar-refractivity contribution in [2.45, 2.75) is 30.4 Å². The van der Waals surface area contributed by atoms with Gasteiger partial charge in [-0.15, -0.1) is 11.8 Å². The van der Waals surface area contributed by atoms with E-state index in [0.29, 0.717) is 10.5 Å². The molecular weight excluding hydrogens is 292 g/mol. The zero-order valence-electron chi connectivity index (χ0n) is 12.0. The molecule has 20 heavy (non-hydrogen) atoms. The zero-order chi connectivity index (χ0) is 13.9. The van der Waals surface area contributed by atoms with Crippen molar-refractivity contribution in [3.05, 3.63) is 11.7 Å². The molecule has 3 atom stereocenters. The van der Waals surface area contributed by atoms with Gasteiger partial charge in [-0.3, -0.25) is 4.90 Å². The second-order valence-electron chi connectivity index (χ2n) is 5.32. The Hall–Kier alpha value is -0.240. The van der Waals surface area contributed by atoms with Gasteiger partial charge in [-0.2, -0.15) is 16.7 Å². The molecule has 0 radical (unpaired) electrons. The fourth-order valence-electron chi connectivity index (χ4n) is 2.67. The average molecular weight is 314 g/mol. The van der Waals surface area contributed by atoms with E-state index < -0.39 is 0 Å². The summed E-state index contributed by atoms with van der Waals surface area (Å²) in [6.45, 7) is 8.59. The summed E-state index contributed by atoms with van der Waals surface area (Å²) >= 11 is 3.96. The number of thioether (sulfide) groups is 2. The molecule has 0 spiro atoms. The minimum Gasteiger partial charge on any atom is -0.338 e. The van der Waals surface area contributed by atoms with Crippen LogP contribution in [0.25, 0.3) is 0 Å². The molecule has 112 valence electrons. The van der Waals surface area contributed by atoms with Crippen LogP contribution in [0.15, 0.2) is 4.52 Å². The molecule has 0 aliphatic carbocycles. The first-order valence-corrected chi connectivity index (χ1v) is 9.37. The quantitative estimate of drug-likeness (QED) is 0.915. The second kappa shape index (κ2) is 6.68. The molecule has 0 saturated carbocycles. The van der Waals surface area contributed by atoms with Gasteiger partial charge in [-0.25, -0.2) is 0 Å². The lowest BCUT2D eigenvalue weighted by Crippen LogP contribution is -2.44. The normalized spacial score (nSPS) is 30.3. The fourth-order valence-corrected chi connectivity index (χ4v) is 5.35. The van der Waals surface area contributed by atoms with E-state index >= 15 is 0 Å². The van der Waals surface area contributed by atoms with Gasteiger partial charge in [0.1, 0.15) is 0 Å². The topological polar surface area (TPSA) is 54.2 Å². The second-order valence-corrected chi connectivity index (χ2v) is 8.05. The minimum atomic E-state index is 0.217. The van der Waals surface area contributed by atoms with Crippen molar-refractivity contribution in [2.75, 3.05) is 37.7 Å². The zero-order valence-corrected chi connectivity index (χ0v) is 13.7. The van der Waals surface area contributed by atoms with Crippen LogP contribution in [-0.4, -0.2) is 58.0 Å². The first-order chi connectivity index (χ1) is 9.75. The van der Waals surface area contributed by atoms with Crippen LogP contribution in [0.3, 0.4) is 0 Å². The molecule has 3 unspecified atom stereocenters. The van der Waals surface area contributed by atoms with Crippen LogP contribution >= 0.6 is 23.5 Å². The molecule has 1 aromatic rings. The molecule has 5 nitrogen and oxygen atoms in total. The average Bonchev–Trinajstić information content (AvgIpc) is 2.97. The Bertz CT molecular complexity index is 436. The molecule has 2 fully saturated rings. The number of aromatic nitrogens is 2. The molecule has 1 aromatic heterocycles. The van der Waals surface area contributed by atoms with Gasteiger partial charge < -0.3 is 9.84 Å². The van der Waals surface area contributed by atoms with Crippen LogP contribution < -0.4 is 5.32 Å². The minimum absolute atomic E-state index is 0.217. The Morgan fingerprint density at radius 1 is 1.30 bits per heavy atom. The summed E-state index contributed by atoms with van der Waals surface area (Å²) in [6.07, 6.45) is 0. The summed E-state index contributed by atoms with van der Waals surface area (Å²) in [5.41, 5.74) is 0. The standard InChI is InChI=1S/C13H22N4OS2/c1-9(17-5-3-14-4-6-17)13-15-12(16-18-13)11-10(2)19-7-8-20-11/h9-11,14H,3-8H2,1-2H3. The van der Waals surface area contributed by atoms with Gasteiger partial charge in [-0.1, -0.05) is 12.1 Å². The van der Waals surface area contributed by atoms with Gasteiger partial charge in [0.2, 0.25) is 5.89 Å². The highest BCUT2D eigenvalue weighted by atomic mass is 32.2. The van der Waals surface area contributed by atoms with E-state index in [1.807, 2.05) is 23.5 Å². The van der Waals surface area contributed by atoms with Crippen molar-refractivity contribution in [3.63, 3.8) is 0 Å². The van der Waals surface area contributed by atoms with Gasteiger partial charge >= 0.3 is 0 Å². The van der Waals surface area contributed by atoms with Crippen molar-refractivity contribution < 1.29 is 4.52 Å². The van der Waals surface area contributed by atoms with Crippen molar-refractivity contribution >= 4 is 23.5 Å². The Morgan fingerprint density at radius 2 is 2.05 bits per heavy atom. The lowest BCUT2D eigenvalue weighted by molar-refractivity contribution is 0.154. The third-order valence-electron chi connectivity index (χ3n) is 3.96. The first-order valence-electron chi connectivity index (χ1n) is 7.27. The number of hydrogen-bond acceptors (Lipinski definition) is 7. The highest BCUT2D eigenvalue weighted by Crippen LogP contribution is 2.41. The van der Waals surface area contributed by atoms with E-state index in [4.69, 9.17) is 4.52 Å². The monoisotopic (exact) mass is 314 g/mol. The summed E-state index contributed by atoms with van der Waals surface area (Å²) in [7, 11) is 0. The van der Waals surface area contributed by atoms with Crippen LogP contribution in [0.2, 0.25) is 0 Å². The smallest absolute Gasteiger partial charge is 0.243 e. The van der Waals surface area contributed by atoms with Crippen molar-refractivity contribution in [3.8, 4) is 0 Å². The van der Waals surface area contributed by atoms with Gasteiger partial charge in [0.05, 0.1) is 11.3 Å². The van der Waals surface area contributed by atoms with Crippen LogP contribution in [0.1, 0.15) is 36.9 Å². The molecule has 1 N–H and O–H groups in total. The number of hydrogen-bond donors (Lipinski definition) is 1. The number of piperazine rings is 1. The first kappa shape index (κ1) is 14.7. The SMILES string of the molecule is CC1SCCSC1c1noc(C(C)N2CCNCC2)n1. The Kier molecular flexibility index (Phi) is 4.91. The summed E-state index contributed by atoms with van der Waals surface area (Å²) in [5.74, 6) is 4.05. The fraction of sp³-hybridized carbons (Fsp3) is 0.846.